The van der Waals surface area contributed by atoms with E-state index in [0.717, 1.165) is 18.8 Å². The van der Waals surface area contributed by atoms with Gasteiger partial charge in [-0.15, -0.1) is 0 Å². The van der Waals surface area contributed by atoms with Crippen molar-refractivity contribution in [1.29, 1.82) is 0 Å². The van der Waals surface area contributed by atoms with Crippen LogP contribution in [0.5, 0.6) is 0 Å². The highest BCUT2D eigenvalue weighted by atomic mass is 15.1. The first-order valence-electron chi connectivity index (χ1n) is 3.96. The zero-order valence-corrected chi connectivity index (χ0v) is 7.27. The summed E-state index contributed by atoms with van der Waals surface area (Å²) in [7, 11) is 2.02. The smallest absolute Gasteiger partial charge is 0.0726 e. The average molecular weight is 166 g/mol. The highest BCUT2D eigenvalue weighted by Gasteiger charge is 1.98. The summed E-state index contributed by atoms with van der Waals surface area (Å²) in [4.78, 5) is 10.2. The molecule has 0 aliphatic heterocycles. The minimum Gasteiger partial charge on any atom is -0.329 e. The quantitative estimate of drug-likeness (QED) is 0.677. The Morgan fingerprint density at radius 3 is 2.92 bits per heavy atom. The molecule has 0 aliphatic carbocycles. The lowest BCUT2D eigenvalue weighted by Crippen LogP contribution is -2.25. The summed E-state index contributed by atoms with van der Waals surface area (Å²) in [6.07, 6.45) is 5.14. The first-order chi connectivity index (χ1) is 5.83. The number of likely N-dealkylation sites (N-methyl/N-ethyl adjacent to an activating group) is 1. The van der Waals surface area contributed by atoms with Crippen LogP contribution >= 0.6 is 0 Å². The molecule has 1 heterocycles. The molecule has 0 fully saturated rings. The van der Waals surface area contributed by atoms with Crippen molar-refractivity contribution in [3.05, 3.63) is 24.3 Å². The molecule has 0 radical (unpaired) electrons. The zero-order chi connectivity index (χ0) is 8.81. The van der Waals surface area contributed by atoms with E-state index >= 15 is 0 Å². The molecule has 1 aromatic heterocycles. The third kappa shape index (κ3) is 2.94. The van der Waals surface area contributed by atoms with Crippen molar-refractivity contribution in [3.8, 4) is 0 Å². The monoisotopic (exact) mass is 166 g/mol. The second-order valence-corrected chi connectivity index (χ2v) is 2.72. The van der Waals surface area contributed by atoms with Gasteiger partial charge in [0.25, 0.3) is 0 Å². The van der Waals surface area contributed by atoms with Crippen LogP contribution in [0.15, 0.2) is 18.6 Å². The summed E-state index contributed by atoms with van der Waals surface area (Å²) < 4.78 is 0. The SMILES string of the molecule is CN(CCN)Cc1cnccn1. The summed E-state index contributed by atoms with van der Waals surface area (Å²) in [5.74, 6) is 0. The summed E-state index contributed by atoms with van der Waals surface area (Å²) in [5.41, 5.74) is 6.39. The fourth-order valence-electron chi connectivity index (χ4n) is 0.988. The molecule has 1 rings (SSSR count). The molecule has 0 bridgehead atoms. The molecule has 0 saturated heterocycles. The van der Waals surface area contributed by atoms with Crippen LogP contribution in [-0.4, -0.2) is 35.0 Å². The van der Waals surface area contributed by atoms with E-state index in [0.29, 0.717) is 6.54 Å². The molecule has 1 aromatic rings. The Hall–Kier alpha value is -1.00. The van der Waals surface area contributed by atoms with Crippen molar-refractivity contribution in [2.24, 2.45) is 5.73 Å². The number of rotatable bonds is 4. The fourth-order valence-corrected chi connectivity index (χ4v) is 0.988. The Balaban J connectivity index is 2.41. The minimum atomic E-state index is 0.677. The van der Waals surface area contributed by atoms with Gasteiger partial charge in [0.2, 0.25) is 0 Å². The largest absolute Gasteiger partial charge is 0.329 e. The molecule has 0 spiro atoms. The molecule has 4 nitrogen and oxygen atoms in total. The molecule has 66 valence electrons. The number of nitrogens with two attached hydrogens (primary N) is 1. The van der Waals surface area contributed by atoms with Crippen LogP contribution in [0.25, 0.3) is 0 Å². The lowest BCUT2D eigenvalue weighted by Gasteiger charge is -2.13. The molecule has 0 saturated carbocycles. The van der Waals surface area contributed by atoms with Crippen LogP contribution in [0.2, 0.25) is 0 Å². The van der Waals surface area contributed by atoms with E-state index in [2.05, 4.69) is 14.9 Å². The molecule has 0 atom stereocenters. The summed E-state index contributed by atoms with van der Waals surface area (Å²) >= 11 is 0. The van der Waals surface area contributed by atoms with Crippen molar-refractivity contribution >= 4 is 0 Å². The van der Waals surface area contributed by atoms with Gasteiger partial charge in [-0.2, -0.15) is 0 Å². The Morgan fingerprint density at radius 1 is 1.50 bits per heavy atom. The number of aromatic nitrogens is 2. The van der Waals surface area contributed by atoms with E-state index in [1.807, 2.05) is 7.05 Å². The highest BCUT2D eigenvalue weighted by Crippen LogP contribution is 1.94. The van der Waals surface area contributed by atoms with Gasteiger partial charge < -0.3 is 5.73 Å². The maximum absolute atomic E-state index is 5.41. The maximum atomic E-state index is 5.41. The van der Waals surface area contributed by atoms with Gasteiger partial charge >= 0.3 is 0 Å². The lowest BCUT2D eigenvalue weighted by molar-refractivity contribution is 0.331. The van der Waals surface area contributed by atoms with Crippen molar-refractivity contribution < 1.29 is 0 Å². The Labute approximate surface area is 72.4 Å². The van der Waals surface area contributed by atoms with Crippen LogP contribution in [0.4, 0.5) is 0 Å². The van der Waals surface area contributed by atoms with Gasteiger partial charge in [-0.25, -0.2) is 0 Å². The molecule has 12 heavy (non-hydrogen) atoms. The van der Waals surface area contributed by atoms with Gasteiger partial charge in [0.15, 0.2) is 0 Å². The highest BCUT2D eigenvalue weighted by molar-refractivity contribution is 4.93. The van der Waals surface area contributed by atoms with E-state index < -0.39 is 0 Å². The molecule has 0 aromatic carbocycles. The topological polar surface area (TPSA) is 55.0 Å². The third-order valence-corrected chi connectivity index (χ3v) is 1.56. The van der Waals surface area contributed by atoms with Gasteiger partial charge in [-0.3, -0.25) is 14.9 Å². The zero-order valence-electron chi connectivity index (χ0n) is 7.27. The Bertz CT molecular complexity index is 212. The normalized spacial score (nSPS) is 10.6. The average Bonchev–Trinajstić information content (AvgIpc) is 2.06. The Morgan fingerprint density at radius 2 is 2.33 bits per heavy atom. The van der Waals surface area contributed by atoms with Crippen molar-refractivity contribution in [3.63, 3.8) is 0 Å². The van der Waals surface area contributed by atoms with Gasteiger partial charge in [0, 0.05) is 38.2 Å². The molecule has 0 amide bonds. The lowest BCUT2D eigenvalue weighted by atomic mass is 10.4. The van der Waals surface area contributed by atoms with E-state index in [1.54, 1.807) is 18.6 Å². The van der Waals surface area contributed by atoms with Crippen LogP contribution in [0.3, 0.4) is 0 Å². The summed E-state index contributed by atoms with van der Waals surface area (Å²) in [6.45, 7) is 2.37. The van der Waals surface area contributed by atoms with E-state index in [1.165, 1.54) is 0 Å². The van der Waals surface area contributed by atoms with Gasteiger partial charge in [-0.05, 0) is 7.05 Å². The van der Waals surface area contributed by atoms with Crippen LogP contribution in [0, 0.1) is 0 Å². The maximum Gasteiger partial charge on any atom is 0.0726 e. The second-order valence-electron chi connectivity index (χ2n) is 2.72. The number of nitrogens with zero attached hydrogens (tertiary/aromatic N) is 3. The molecular formula is C8H14N4. The van der Waals surface area contributed by atoms with Gasteiger partial charge in [0.1, 0.15) is 0 Å². The van der Waals surface area contributed by atoms with Crippen LogP contribution in [-0.2, 0) is 6.54 Å². The van der Waals surface area contributed by atoms with Crippen LogP contribution < -0.4 is 5.73 Å². The second kappa shape index (κ2) is 4.79. The molecule has 0 unspecified atom stereocenters. The van der Waals surface area contributed by atoms with Crippen molar-refractivity contribution in [2.75, 3.05) is 20.1 Å². The van der Waals surface area contributed by atoms with Crippen molar-refractivity contribution in [2.45, 2.75) is 6.54 Å². The molecule has 4 heteroatoms. The summed E-state index contributed by atoms with van der Waals surface area (Å²) in [6, 6.07) is 0. The molecule has 0 aliphatic rings. The van der Waals surface area contributed by atoms with Gasteiger partial charge in [0.05, 0.1) is 5.69 Å². The van der Waals surface area contributed by atoms with E-state index in [9.17, 15) is 0 Å². The predicted molar refractivity (Wildman–Crippen MR) is 47.4 cm³/mol. The van der Waals surface area contributed by atoms with E-state index in [4.69, 9.17) is 5.73 Å². The first kappa shape index (κ1) is 9.09. The van der Waals surface area contributed by atoms with Crippen LogP contribution in [0.1, 0.15) is 5.69 Å². The minimum absolute atomic E-state index is 0.677. The Kier molecular flexibility index (Phi) is 3.63. The summed E-state index contributed by atoms with van der Waals surface area (Å²) in [5, 5.41) is 0. The molecule has 2 N–H and O–H groups in total. The number of hydrogen-bond acceptors (Lipinski definition) is 4. The standard InChI is InChI=1S/C8H14N4/c1-12(5-2-9)7-8-6-10-3-4-11-8/h3-4,6H,2,5,7,9H2,1H3. The number of hydrogen-bond donors (Lipinski definition) is 1. The molecular weight excluding hydrogens is 152 g/mol. The third-order valence-electron chi connectivity index (χ3n) is 1.56. The fraction of sp³-hybridized carbons (Fsp3) is 0.500. The van der Waals surface area contributed by atoms with Crippen molar-refractivity contribution in [1.82, 2.24) is 14.9 Å². The van der Waals surface area contributed by atoms with Gasteiger partial charge in [-0.1, -0.05) is 0 Å². The first-order valence-corrected chi connectivity index (χ1v) is 3.96. The predicted octanol–water partition coefficient (Wildman–Crippen LogP) is -0.133. The van der Waals surface area contributed by atoms with E-state index in [-0.39, 0.29) is 0 Å².